The zero-order valence-electron chi connectivity index (χ0n) is 12.2. The zero-order valence-corrected chi connectivity index (χ0v) is 14.6. The summed E-state index contributed by atoms with van der Waals surface area (Å²) in [5.74, 6) is -0.0368. The second-order valence-electron chi connectivity index (χ2n) is 4.45. The first-order chi connectivity index (χ1) is 9.84. The van der Waals surface area contributed by atoms with Crippen LogP contribution in [0.15, 0.2) is 21.6 Å². The Morgan fingerprint density at radius 3 is 2.67 bits per heavy atom. The molecular formula is C12H20BrN3O4S. The molecule has 0 saturated carbocycles. The highest BCUT2D eigenvalue weighted by atomic mass is 79.9. The number of sulfonamides is 1. The van der Waals surface area contributed by atoms with Crippen LogP contribution in [0.4, 0.5) is 5.82 Å². The van der Waals surface area contributed by atoms with Gasteiger partial charge in [0.15, 0.2) is 0 Å². The Morgan fingerprint density at radius 2 is 2.10 bits per heavy atom. The average Bonchev–Trinajstić information content (AvgIpc) is 2.42. The molecule has 0 amide bonds. The van der Waals surface area contributed by atoms with Gasteiger partial charge >= 0.3 is 0 Å². The van der Waals surface area contributed by atoms with Gasteiger partial charge in [0.05, 0.1) is 13.2 Å². The van der Waals surface area contributed by atoms with Crippen LogP contribution in [-0.2, 0) is 19.5 Å². The number of rotatable bonds is 8. The summed E-state index contributed by atoms with van der Waals surface area (Å²) in [6.45, 7) is 2.51. The van der Waals surface area contributed by atoms with Gasteiger partial charge in [0.25, 0.3) is 0 Å². The van der Waals surface area contributed by atoms with Gasteiger partial charge in [0, 0.05) is 37.5 Å². The van der Waals surface area contributed by atoms with Crippen molar-refractivity contribution in [2.45, 2.75) is 17.9 Å². The normalized spacial score (nSPS) is 13.6. The lowest BCUT2D eigenvalue weighted by atomic mass is 10.3. The molecule has 0 saturated heterocycles. The van der Waals surface area contributed by atoms with E-state index in [1.165, 1.54) is 30.8 Å². The van der Waals surface area contributed by atoms with Crippen LogP contribution in [0.5, 0.6) is 0 Å². The van der Waals surface area contributed by atoms with Crippen molar-refractivity contribution in [2.24, 2.45) is 0 Å². The first-order valence-electron chi connectivity index (χ1n) is 6.25. The van der Waals surface area contributed by atoms with E-state index in [2.05, 4.69) is 20.9 Å². The van der Waals surface area contributed by atoms with E-state index in [1.54, 1.807) is 6.92 Å². The molecule has 0 radical (unpaired) electrons. The summed E-state index contributed by atoms with van der Waals surface area (Å²) in [6, 6.07) is 1.09. The number of anilines is 1. The van der Waals surface area contributed by atoms with E-state index in [0.29, 0.717) is 4.47 Å². The minimum atomic E-state index is -3.79. The second-order valence-corrected chi connectivity index (χ2v) is 7.22. The summed E-state index contributed by atoms with van der Waals surface area (Å²) < 4.78 is 37.5. The van der Waals surface area contributed by atoms with E-state index in [9.17, 15) is 8.42 Å². The molecule has 1 aromatic rings. The SMILES string of the molecule is COCCN(C(C)COC)S(=O)(=O)c1cc(Br)cnc1N. The van der Waals surface area contributed by atoms with Gasteiger partial charge in [0.1, 0.15) is 10.7 Å². The summed E-state index contributed by atoms with van der Waals surface area (Å²) in [5, 5.41) is 0. The number of nitrogens with zero attached hydrogens (tertiary/aromatic N) is 2. The number of hydrogen-bond donors (Lipinski definition) is 1. The van der Waals surface area contributed by atoms with E-state index in [-0.39, 0.29) is 36.5 Å². The topological polar surface area (TPSA) is 94.8 Å². The van der Waals surface area contributed by atoms with E-state index >= 15 is 0 Å². The van der Waals surface area contributed by atoms with Gasteiger partial charge in [-0.1, -0.05) is 0 Å². The molecule has 1 aromatic heterocycles. The maximum absolute atomic E-state index is 12.8. The highest BCUT2D eigenvalue weighted by Gasteiger charge is 2.31. The Labute approximate surface area is 133 Å². The van der Waals surface area contributed by atoms with Crippen LogP contribution in [0, 0.1) is 0 Å². The molecule has 1 heterocycles. The second kappa shape index (κ2) is 8.04. The molecule has 0 fully saturated rings. The van der Waals surface area contributed by atoms with Crippen molar-refractivity contribution in [2.75, 3.05) is 39.7 Å². The molecule has 21 heavy (non-hydrogen) atoms. The van der Waals surface area contributed by atoms with E-state index in [0.717, 1.165) is 0 Å². The minimum Gasteiger partial charge on any atom is -0.383 e. The Balaban J connectivity index is 3.22. The lowest BCUT2D eigenvalue weighted by Gasteiger charge is -2.28. The fourth-order valence-corrected chi connectivity index (χ4v) is 4.03. The number of ether oxygens (including phenoxy) is 2. The monoisotopic (exact) mass is 381 g/mol. The molecule has 1 atom stereocenters. The van der Waals surface area contributed by atoms with Gasteiger partial charge in [-0.2, -0.15) is 4.31 Å². The summed E-state index contributed by atoms with van der Waals surface area (Å²) in [4.78, 5) is 3.84. The lowest BCUT2D eigenvalue weighted by Crippen LogP contribution is -2.43. The van der Waals surface area contributed by atoms with Crippen molar-refractivity contribution in [3.05, 3.63) is 16.7 Å². The largest absolute Gasteiger partial charge is 0.383 e. The Morgan fingerprint density at radius 1 is 1.43 bits per heavy atom. The van der Waals surface area contributed by atoms with Crippen molar-refractivity contribution < 1.29 is 17.9 Å². The van der Waals surface area contributed by atoms with Crippen LogP contribution in [0.3, 0.4) is 0 Å². The summed E-state index contributed by atoms with van der Waals surface area (Å²) in [7, 11) is -0.757. The summed E-state index contributed by atoms with van der Waals surface area (Å²) in [6.07, 6.45) is 1.45. The number of nitrogens with two attached hydrogens (primary N) is 1. The quantitative estimate of drug-likeness (QED) is 0.724. The van der Waals surface area contributed by atoms with Crippen LogP contribution in [0.2, 0.25) is 0 Å². The Bertz CT molecular complexity index is 568. The maximum Gasteiger partial charge on any atom is 0.247 e. The molecule has 0 aliphatic heterocycles. The van der Waals surface area contributed by atoms with Gasteiger partial charge < -0.3 is 15.2 Å². The molecule has 1 rings (SSSR count). The molecule has 0 aliphatic carbocycles. The predicted molar refractivity (Wildman–Crippen MR) is 83.5 cm³/mol. The van der Waals surface area contributed by atoms with Gasteiger partial charge in [-0.3, -0.25) is 0 Å². The summed E-state index contributed by atoms with van der Waals surface area (Å²) >= 11 is 3.21. The van der Waals surface area contributed by atoms with Gasteiger partial charge in [0.2, 0.25) is 10.0 Å². The lowest BCUT2D eigenvalue weighted by molar-refractivity contribution is 0.119. The molecule has 120 valence electrons. The van der Waals surface area contributed by atoms with E-state index in [1.807, 2.05) is 0 Å². The minimum absolute atomic E-state index is 0.0315. The maximum atomic E-state index is 12.8. The molecule has 0 aliphatic rings. The molecule has 0 aromatic carbocycles. The molecule has 1 unspecified atom stereocenters. The average molecular weight is 382 g/mol. The predicted octanol–water partition coefficient (Wildman–Crippen LogP) is 1.10. The number of nitrogen functional groups attached to an aromatic ring is 1. The third-order valence-corrected chi connectivity index (χ3v) is 5.33. The van der Waals surface area contributed by atoms with Gasteiger partial charge in [-0.05, 0) is 28.9 Å². The molecule has 9 heteroatoms. The van der Waals surface area contributed by atoms with Gasteiger partial charge in [-0.25, -0.2) is 13.4 Å². The first kappa shape index (κ1) is 18.3. The Hall–Kier alpha value is -0.740. The molecule has 7 nitrogen and oxygen atoms in total. The van der Waals surface area contributed by atoms with Gasteiger partial charge in [-0.15, -0.1) is 0 Å². The van der Waals surface area contributed by atoms with Crippen molar-refractivity contribution in [3.8, 4) is 0 Å². The standard InChI is InChI=1S/C12H20BrN3O4S/c1-9(8-20-3)16(4-5-19-2)21(17,18)11-6-10(13)7-15-12(11)14/h6-7,9H,4-5,8H2,1-3H3,(H2,14,15). The molecule has 0 bridgehead atoms. The Kier molecular flexibility index (Phi) is 7.01. The molecular weight excluding hydrogens is 362 g/mol. The van der Waals surface area contributed by atoms with Crippen molar-refractivity contribution in [1.29, 1.82) is 0 Å². The fourth-order valence-electron chi connectivity index (χ4n) is 1.85. The van der Waals surface area contributed by atoms with Crippen LogP contribution in [0.1, 0.15) is 6.92 Å². The van der Waals surface area contributed by atoms with Crippen LogP contribution < -0.4 is 5.73 Å². The highest BCUT2D eigenvalue weighted by Crippen LogP contribution is 2.25. The fraction of sp³-hybridized carbons (Fsp3) is 0.583. The smallest absolute Gasteiger partial charge is 0.247 e. The van der Waals surface area contributed by atoms with Crippen molar-refractivity contribution >= 4 is 31.8 Å². The molecule has 0 spiro atoms. The zero-order chi connectivity index (χ0) is 16.0. The number of pyridine rings is 1. The molecule has 2 N–H and O–H groups in total. The van der Waals surface area contributed by atoms with Crippen LogP contribution >= 0.6 is 15.9 Å². The number of methoxy groups -OCH3 is 2. The van der Waals surface area contributed by atoms with Crippen molar-refractivity contribution in [3.63, 3.8) is 0 Å². The number of hydrogen-bond acceptors (Lipinski definition) is 6. The van der Waals surface area contributed by atoms with E-state index < -0.39 is 10.0 Å². The van der Waals surface area contributed by atoms with Crippen molar-refractivity contribution in [1.82, 2.24) is 9.29 Å². The van der Waals surface area contributed by atoms with E-state index in [4.69, 9.17) is 15.2 Å². The number of aromatic nitrogens is 1. The highest BCUT2D eigenvalue weighted by molar-refractivity contribution is 9.10. The first-order valence-corrected chi connectivity index (χ1v) is 8.48. The van der Waals surface area contributed by atoms with Crippen LogP contribution in [-0.4, -0.2) is 57.7 Å². The third kappa shape index (κ3) is 4.62. The summed E-state index contributed by atoms with van der Waals surface area (Å²) in [5.41, 5.74) is 5.72. The van der Waals surface area contributed by atoms with Crippen LogP contribution in [0.25, 0.3) is 0 Å². The third-order valence-electron chi connectivity index (χ3n) is 2.85. The number of halogens is 1.